The molecule has 1 heterocycles. The summed E-state index contributed by atoms with van der Waals surface area (Å²) in [6.07, 6.45) is 0. The zero-order valence-electron chi connectivity index (χ0n) is 4.94. The number of carboxylic acids is 1. The standard InChI is InChI=1S/C5H7NO2S/c1-3-4(5(7)8)6-2-9-3/h2-4H,1H3,(H,7,8). The third kappa shape index (κ3) is 1.24. The van der Waals surface area contributed by atoms with Crippen molar-refractivity contribution < 1.29 is 9.90 Å². The van der Waals surface area contributed by atoms with Gasteiger partial charge in [-0.2, -0.15) is 0 Å². The number of carboxylic acid groups (broad SMARTS) is 1. The fourth-order valence-electron chi connectivity index (χ4n) is 0.657. The van der Waals surface area contributed by atoms with Crippen LogP contribution in [0.1, 0.15) is 6.92 Å². The lowest BCUT2D eigenvalue weighted by molar-refractivity contribution is -0.138. The fraction of sp³-hybridized carbons (Fsp3) is 0.600. The zero-order valence-corrected chi connectivity index (χ0v) is 5.76. The normalized spacial score (nSPS) is 33.0. The molecule has 0 aromatic carbocycles. The highest BCUT2D eigenvalue weighted by atomic mass is 32.2. The minimum Gasteiger partial charge on any atom is -0.480 e. The van der Waals surface area contributed by atoms with Crippen molar-refractivity contribution in [2.45, 2.75) is 18.2 Å². The highest BCUT2D eigenvalue weighted by molar-refractivity contribution is 8.12. The molecule has 2 unspecified atom stereocenters. The van der Waals surface area contributed by atoms with Gasteiger partial charge in [-0.1, -0.05) is 6.92 Å². The summed E-state index contributed by atoms with van der Waals surface area (Å²) in [5.74, 6) is -0.830. The average Bonchev–Trinajstić information content (AvgIpc) is 2.13. The van der Waals surface area contributed by atoms with Gasteiger partial charge in [0.15, 0.2) is 6.04 Å². The minimum atomic E-state index is -0.830. The Labute approximate surface area is 57.2 Å². The molecule has 0 aliphatic carbocycles. The van der Waals surface area contributed by atoms with Crippen molar-refractivity contribution >= 4 is 23.3 Å². The SMILES string of the molecule is CC1SC=NC1C(=O)O. The quantitative estimate of drug-likeness (QED) is 0.588. The van der Waals surface area contributed by atoms with Crippen molar-refractivity contribution in [3.63, 3.8) is 0 Å². The first kappa shape index (κ1) is 6.61. The number of carbonyl (C=O) groups is 1. The summed E-state index contributed by atoms with van der Waals surface area (Å²) in [6.45, 7) is 1.86. The van der Waals surface area contributed by atoms with Crippen LogP contribution in [0, 0.1) is 0 Å². The largest absolute Gasteiger partial charge is 0.480 e. The fourth-order valence-corrected chi connectivity index (χ4v) is 1.39. The Balaban J connectivity index is 2.59. The van der Waals surface area contributed by atoms with E-state index >= 15 is 0 Å². The monoisotopic (exact) mass is 145 g/mol. The summed E-state index contributed by atoms with van der Waals surface area (Å²) in [5, 5.41) is 8.56. The zero-order chi connectivity index (χ0) is 6.85. The van der Waals surface area contributed by atoms with Crippen LogP contribution in [-0.4, -0.2) is 27.9 Å². The molecule has 1 aliphatic rings. The molecule has 0 saturated carbocycles. The summed E-state index contributed by atoms with van der Waals surface area (Å²) in [6, 6.07) is -0.519. The smallest absolute Gasteiger partial charge is 0.329 e. The van der Waals surface area contributed by atoms with Gasteiger partial charge in [-0.25, -0.2) is 4.79 Å². The van der Waals surface area contributed by atoms with Crippen LogP contribution in [0.25, 0.3) is 0 Å². The van der Waals surface area contributed by atoms with Gasteiger partial charge in [0.05, 0.1) is 5.55 Å². The molecule has 3 nitrogen and oxygen atoms in total. The molecule has 50 valence electrons. The molecular formula is C5H7NO2S. The number of hydrogen-bond donors (Lipinski definition) is 1. The molecule has 0 saturated heterocycles. The maximum Gasteiger partial charge on any atom is 0.329 e. The van der Waals surface area contributed by atoms with Crippen LogP contribution in [0.5, 0.6) is 0 Å². The van der Waals surface area contributed by atoms with Crippen LogP contribution in [-0.2, 0) is 4.79 Å². The van der Waals surface area contributed by atoms with Gasteiger partial charge in [-0.05, 0) is 0 Å². The second-order valence-corrected chi connectivity index (χ2v) is 3.11. The van der Waals surface area contributed by atoms with Gasteiger partial charge in [0.1, 0.15) is 0 Å². The van der Waals surface area contributed by atoms with Crippen LogP contribution in [0.4, 0.5) is 0 Å². The maximum absolute atomic E-state index is 10.3. The van der Waals surface area contributed by atoms with Gasteiger partial charge >= 0.3 is 5.97 Å². The van der Waals surface area contributed by atoms with Crippen LogP contribution < -0.4 is 0 Å². The first-order valence-corrected chi connectivity index (χ1v) is 3.56. The van der Waals surface area contributed by atoms with Crippen molar-refractivity contribution in [1.82, 2.24) is 0 Å². The molecule has 0 aromatic rings. The van der Waals surface area contributed by atoms with Crippen molar-refractivity contribution in [3.05, 3.63) is 0 Å². The van der Waals surface area contributed by atoms with E-state index in [1.165, 1.54) is 11.8 Å². The molecule has 4 heteroatoms. The Bertz CT molecular complexity index is 157. The number of aliphatic carboxylic acids is 1. The Kier molecular flexibility index (Phi) is 1.75. The molecule has 0 bridgehead atoms. The number of aliphatic imine (C=N–C) groups is 1. The highest BCUT2D eigenvalue weighted by Crippen LogP contribution is 2.20. The second-order valence-electron chi connectivity index (χ2n) is 1.88. The summed E-state index contributed by atoms with van der Waals surface area (Å²) in [4.78, 5) is 14.0. The van der Waals surface area contributed by atoms with Crippen molar-refractivity contribution in [3.8, 4) is 0 Å². The maximum atomic E-state index is 10.3. The Morgan fingerprint density at radius 2 is 2.56 bits per heavy atom. The molecule has 9 heavy (non-hydrogen) atoms. The molecule has 1 rings (SSSR count). The first-order chi connectivity index (χ1) is 4.22. The van der Waals surface area contributed by atoms with E-state index in [9.17, 15) is 4.79 Å². The second kappa shape index (κ2) is 2.39. The first-order valence-electron chi connectivity index (χ1n) is 2.61. The van der Waals surface area contributed by atoms with E-state index in [0.29, 0.717) is 0 Å². The van der Waals surface area contributed by atoms with Gasteiger partial charge in [-0.3, -0.25) is 4.99 Å². The van der Waals surface area contributed by atoms with Crippen LogP contribution in [0.15, 0.2) is 4.99 Å². The third-order valence-electron chi connectivity index (χ3n) is 1.19. The highest BCUT2D eigenvalue weighted by Gasteiger charge is 2.26. The summed E-state index contributed by atoms with van der Waals surface area (Å²) < 4.78 is 0. The van der Waals surface area contributed by atoms with E-state index < -0.39 is 12.0 Å². The van der Waals surface area contributed by atoms with E-state index in [2.05, 4.69) is 4.99 Å². The van der Waals surface area contributed by atoms with E-state index in [-0.39, 0.29) is 5.25 Å². The van der Waals surface area contributed by atoms with Crippen LogP contribution in [0.3, 0.4) is 0 Å². The van der Waals surface area contributed by atoms with Gasteiger partial charge in [0.2, 0.25) is 0 Å². The average molecular weight is 145 g/mol. The lowest BCUT2D eigenvalue weighted by Crippen LogP contribution is -2.24. The Hall–Kier alpha value is -0.510. The molecule has 0 radical (unpaired) electrons. The molecule has 2 atom stereocenters. The minimum absolute atomic E-state index is 0.0995. The van der Waals surface area contributed by atoms with Crippen molar-refractivity contribution in [2.75, 3.05) is 0 Å². The number of thioether (sulfide) groups is 1. The summed E-state index contributed by atoms with van der Waals surface area (Å²) in [7, 11) is 0. The predicted octanol–water partition coefficient (Wildman–Crippen LogP) is 0.603. The van der Waals surface area contributed by atoms with Crippen LogP contribution >= 0.6 is 11.8 Å². The molecule has 0 spiro atoms. The lowest BCUT2D eigenvalue weighted by Gasteiger charge is -2.04. The third-order valence-corrected chi connectivity index (χ3v) is 2.13. The van der Waals surface area contributed by atoms with Crippen molar-refractivity contribution in [2.24, 2.45) is 4.99 Å². The van der Waals surface area contributed by atoms with E-state index in [1.54, 1.807) is 5.55 Å². The lowest BCUT2D eigenvalue weighted by atomic mass is 10.2. The molecule has 0 amide bonds. The van der Waals surface area contributed by atoms with Crippen LogP contribution in [0.2, 0.25) is 0 Å². The summed E-state index contributed by atoms with van der Waals surface area (Å²) >= 11 is 1.46. The number of rotatable bonds is 1. The summed E-state index contributed by atoms with van der Waals surface area (Å²) in [5.41, 5.74) is 1.60. The Morgan fingerprint density at radius 3 is 2.78 bits per heavy atom. The van der Waals surface area contributed by atoms with E-state index in [1.807, 2.05) is 6.92 Å². The number of nitrogens with zero attached hydrogens (tertiary/aromatic N) is 1. The molecule has 1 aliphatic heterocycles. The molecule has 0 aromatic heterocycles. The van der Waals surface area contributed by atoms with E-state index in [0.717, 1.165) is 0 Å². The molecule has 1 N–H and O–H groups in total. The predicted molar refractivity (Wildman–Crippen MR) is 37.0 cm³/mol. The van der Waals surface area contributed by atoms with Gasteiger partial charge in [0.25, 0.3) is 0 Å². The van der Waals surface area contributed by atoms with Gasteiger partial charge < -0.3 is 5.11 Å². The molecule has 0 fully saturated rings. The number of hydrogen-bond acceptors (Lipinski definition) is 3. The van der Waals surface area contributed by atoms with Gasteiger partial charge in [-0.15, -0.1) is 11.8 Å². The van der Waals surface area contributed by atoms with Gasteiger partial charge in [0, 0.05) is 5.25 Å². The van der Waals surface area contributed by atoms with E-state index in [4.69, 9.17) is 5.11 Å². The Morgan fingerprint density at radius 1 is 1.89 bits per heavy atom. The topological polar surface area (TPSA) is 49.7 Å². The molecular weight excluding hydrogens is 138 g/mol. The van der Waals surface area contributed by atoms with Crippen molar-refractivity contribution in [1.29, 1.82) is 0 Å².